The first-order chi connectivity index (χ1) is 10.5. The van der Waals surface area contributed by atoms with Gasteiger partial charge < -0.3 is 19.3 Å². The van der Waals surface area contributed by atoms with E-state index < -0.39 is 29.4 Å². The maximum Gasteiger partial charge on any atom is 1.00 e. The van der Waals surface area contributed by atoms with E-state index in [1.165, 1.54) is 0 Å². The first-order valence-electron chi connectivity index (χ1n) is 7.57. The third-order valence-electron chi connectivity index (χ3n) is 3.93. The van der Waals surface area contributed by atoms with E-state index in [2.05, 4.69) is 0 Å². The fourth-order valence-corrected chi connectivity index (χ4v) is 1.45. The van der Waals surface area contributed by atoms with Crippen molar-refractivity contribution in [1.29, 1.82) is 0 Å². The average Bonchev–Trinajstić information content (AvgIpc) is 2.47. The minimum atomic E-state index is -1.17. The molecule has 0 aromatic carbocycles. The SMILES string of the molecule is CC(C)C(=O)OCCOC(=O)C(C)(C)C(C)(C)C(=O)OCC[O-].[Na+]. The maximum atomic E-state index is 12.2. The maximum absolute atomic E-state index is 12.2. The molecule has 8 heteroatoms. The van der Waals surface area contributed by atoms with Crippen molar-refractivity contribution in [2.45, 2.75) is 41.5 Å². The largest absolute Gasteiger partial charge is 1.00 e. The predicted molar refractivity (Wildman–Crippen MR) is 80.1 cm³/mol. The zero-order valence-electron chi connectivity index (χ0n) is 15.8. The molecule has 7 nitrogen and oxygen atoms in total. The van der Waals surface area contributed by atoms with E-state index in [9.17, 15) is 19.5 Å². The first-order valence-corrected chi connectivity index (χ1v) is 7.57. The second-order valence-corrected chi connectivity index (χ2v) is 6.55. The average molecular weight is 354 g/mol. The molecule has 0 aliphatic rings. The van der Waals surface area contributed by atoms with E-state index >= 15 is 0 Å². The van der Waals surface area contributed by atoms with Crippen LogP contribution in [0, 0.1) is 16.7 Å². The van der Waals surface area contributed by atoms with Gasteiger partial charge in [0.2, 0.25) is 0 Å². The topological polar surface area (TPSA) is 102 Å². The van der Waals surface area contributed by atoms with Crippen LogP contribution in [0.2, 0.25) is 0 Å². The predicted octanol–water partition coefficient (Wildman–Crippen LogP) is -2.31. The van der Waals surface area contributed by atoms with Gasteiger partial charge in [-0.15, -0.1) is 6.61 Å². The normalized spacial score (nSPS) is 11.5. The molecule has 0 spiro atoms. The molecule has 0 aliphatic carbocycles. The van der Waals surface area contributed by atoms with Gasteiger partial charge in [0.05, 0.1) is 23.4 Å². The van der Waals surface area contributed by atoms with Crippen LogP contribution >= 0.6 is 0 Å². The molecule has 0 radical (unpaired) electrons. The molecule has 24 heavy (non-hydrogen) atoms. The molecule has 0 unspecified atom stereocenters. The van der Waals surface area contributed by atoms with Crippen molar-refractivity contribution in [2.75, 3.05) is 26.4 Å². The van der Waals surface area contributed by atoms with Crippen LogP contribution in [0.4, 0.5) is 0 Å². The molecule has 0 saturated heterocycles. The Labute approximate surface area is 165 Å². The molecule has 0 saturated carbocycles. The molecule has 0 heterocycles. The molecular formula is C16H27NaO7. The minimum absolute atomic E-state index is 0. The van der Waals surface area contributed by atoms with Crippen LogP contribution in [0.15, 0.2) is 0 Å². The van der Waals surface area contributed by atoms with Crippen molar-refractivity contribution in [3.8, 4) is 0 Å². The molecule has 0 aliphatic heterocycles. The molecule has 134 valence electrons. The van der Waals surface area contributed by atoms with Crippen molar-refractivity contribution in [2.24, 2.45) is 16.7 Å². The molecule has 0 amide bonds. The van der Waals surface area contributed by atoms with Crippen molar-refractivity contribution in [3.63, 3.8) is 0 Å². The Bertz CT molecular complexity index is 430. The fourth-order valence-electron chi connectivity index (χ4n) is 1.45. The number of rotatable bonds is 9. The summed E-state index contributed by atoms with van der Waals surface area (Å²) in [4.78, 5) is 35.6. The van der Waals surface area contributed by atoms with E-state index in [4.69, 9.17) is 14.2 Å². The number of carbonyl (C=O) groups excluding carboxylic acids is 3. The standard InChI is InChI=1S/C16H27O7.Na/c1-11(2)12(18)21-9-10-23-14(20)16(5,6)15(3,4)13(19)22-8-7-17;/h11H,7-10H2,1-6H3;/q-1;+1. The Morgan fingerprint density at radius 1 is 0.833 bits per heavy atom. The molecule has 0 aromatic heterocycles. The van der Waals surface area contributed by atoms with Crippen molar-refractivity contribution in [1.82, 2.24) is 0 Å². The van der Waals surface area contributed by atoms with Crippen molar-refractivity contribution in [3.05, 3.63) is 0 Å². The van der Waals surface area contributed by atoms with Crippen LogP contribution in [0.3, 0.4) is 0 Å². The Morgan fingerprint density at radius 3 is 1.58 bits per heavy atom. The summed E-state index contributed by atoms with van der Waals surface area (Å²) in [5, 5.41) is 10.4. The summed E-state index contributed by atoms with van der Waals surface area (Å²) in [5.74, 6) is -1.87. The van der Waals surface area contributed by atoms with Crippen LogP contribution in [-0.4, -0.2) is 44.3 Å². The summed E-state index contributed by atoms with van der Waals surface area (Å²) in [6.07, 6.45) is 0. The molecule has 0 atom stereocenters. The summed E-state index contributed by atoms with van der Waals surface area (Å²) in [5.41, 5.74) is -2.34. The van der Waals surface area contributed by atoms with E-state index in [-0.39, 0.29) is 61.3 Å². The number of hydrogen-bond donors (Lipinski definition) is 0. The Morgan fingerprint density at radius 2 is 1.21 bits per heavy atom. The van der Waals surface area contributed by atoms with Gasteiger partial charge >= 0.3 is 47.5 Å². The van der Waals surface area contributed by atoms with E-state index in [1.54, 1.807) is 41.5 Å². The Kier molecular flexibility index (Phi) is 11.8. The monoisotopic (exact) mass is 354 g/mol. The number of esters is 3. The van der Waals surface area contributed by atoms with Crippen LogP contribution < -0.4 is 34.7 Å². The molecule has 0 rings (SSSR count). The molecule has 0 fully saturated rings. The van der Waals surface area contributed by atoms with Crippen LogP contribution in [0.25, 0.3) is 0 Å². The fraction of sp³-hybridized carbons (Fsp3) is 0.812. The third kappa shape index (κ3) is 7.09. The van der Waals surface area contributed by atoms with Gasteiger partial charge in [0, 0.05) is 0 Å². The zero-order chi connectivity index (χ0) is 18.3. The molecule has 0 aromatic rings. The van der Waals surface area contributed by atoms with E-state index in [1.807, 2.05) is 0 Å². The number of hydrogen-bond acceptors (Lipinski definition) is 7. The second kappa shape index (κ2) is 11.1. The Balaban J connectivity index is 0. The van der Waals surface area contributed by atoms with Crippen LogP contribution in [0.5, 0.6) is 0 Å². The first kappa shape index (κ1) is 25.6. The smallest absolute Gasteiger partial charge is 0.852 e. The minimum Gasteiger partial charge on any atom is -0.852 e. The van der Waals surface area contributed by atoms with Gasteiger partial charge in [0.1, 0.15) is 13.2 Å². The van der Waals surface area contributed by atoms with Gasteiger partial charge in [-0.3, -0.25) is 14.4 Å². The zero-order valence-corrected chi connectivity index (χ0v) is 17.8. The van der Waals surface area contributed by atoms with Crippen LogP contribution in [-0.2, 0) is 28.6 Å². The molecular weight excluding hydrogens is 327 g/mol. The van der Waals surface area contributed by atoms with Gasteiger partial charge in [0.15, 0.2) is 0 Å². The number of ether oxygens (including phenoxy) is 3. The third-order valence-corrected chi connectivity index (χ3v) is 3.93. The van der Waals surface area contributed by atoms with Crippen molar-refractivity contribution >= 4 is 17.9 Å². The quantitative estimate of drug-likeness (QED) is 0.198. The summed E-state index contributed by atoms with van der Waals surface area (Å²) in [7, 11) is 0. The van der Waals surface area contributed by atoms with E-state index in [0.29, 0.717) is 0 Å². The number of carbonyl (C=O) groups is 3. The summed E-state index contributed by atoms with van der Waals surface area (Å²) < 4.78 is 14.8. The van der Waals surface area contributed by atoms with Gasteiger partial charge in [-0.05, 0) is 27.7 Å². The Hall–Kier alpha value is -0.630. The summed E-state index contributed by atoms with van der Waals surface area (Å²) in [6, 6.07) is 0. The van der Waals surface area contributed by atoms with Gasteiger partial charge in [-0.1, -0.05) is 13.8 Å². The molecule has 0 N–H and O–H groups in total. The summed E-state index contributed by atoms with van der Waals surface area (Å²) in [6.45, 7) is 8.74. The van der Waals surface area contributed by atoms with Crippen LogP contribution in [0.1, 0.15) is 41.5 Å². The van der Waals surface area contributed by atoms with E-state index in [0.717, 1.165) is 0 Å². The second-order valence-electron chi connectivity index (χ2n) is 6.55. The van der Waals surface area contributed by atoms with Gasteiger partial charge in [-0.25, -0.2) is 0 Å². The van der Waals surface area contributed by atoms with Gasteiger partial charge in [-0.2, -0.15) is 0 Å². The molecule has 0 bridgehead atoms. The van der Waals surface area contributed by atoms with Gasteiger partial charge in [0.25, 0.3) is 0 Å². The van der Waals surface area contributed by atoms with Crippen molar-refractivity contribution < 1.29 is 63.3 Å². The summed E-state index contributed by atoms with van der Waals surface area (Å²) >= 11 is 0.